The predicted molar refractivity (Wildman–Crippen MR) is 116 cm³/mol. The molecular formula is C21H32N6O2. The highest BCUT2D eigenvalue weighted by molar-refractivity contribution is 5.92. The highest BCUT2D eigenvalue weighted by Crippen LogP contribution is 2.19. The van der Waals surface area contributed by atoms with Gasteiger partial charge in [-0.25, -0.2) is 4.98 Å². The number of carbonyl (C=O) groups excluding carboxylic acids is 1. The van der Waals surface area contributed by atoms with E-state index >= 15 is 0 Å². The van der Waals surface area contributed by atoms with Crippen molar-refractivity contribution in [3.8, 4) is 5.75 Å². The molecule has 0 spiro atoms. The molecule has 0 aliphatic heterocycles. The van der Waals surface area contributed by atoms with Gasteiger partial charge in [-0.3, -0.25) is 20.2 Å². The second kappa shape index (κ2) is 10.6. The Hall–Kier alpha value is -2.90. The maximum Gasteiger partial charge on any atom is 0.220 e. The van der Waals surface area contributed by atoms with Gasteiger partial charge in [-0.15, -0.1) is 0 Å². The average Bonchev–Trinajstić information content (AvgIpc) is 2.69. The molecule has 0 atom stereocenters. The number of nitrogens with zero attached hydrogens (tertiary/aromatic N) is 2. The number of amides is 1. The molecule has 0 saturated carbocycles. The SMILES string of the molecule is CCC(=N)n1c(=N)c(NCCCCNC(=O)CC(C)C)nc2cc(OC)ccc21. The van der Waals surface area contributed by atoms with Crippen molar-refractivity contribution in [1.29, 1.82) is 10.8 Å². The quantitative estimate of drug-likeness (QED) is 0.278. The van der Waals surface area contributed by atoms with Gasteiger partial charge in [-0.05, 0) is 30.9 Å². The van der Waals surface area contributed by atoms with Crippen LogP contribution < -0.4 is 20.9 Å². The Bertz CT molecular complexity index is 919. The largest absolute Gasteiger partial charge is 0.497 e. The fourth-order valence-corrected chi connectivity index (χ4v) is 3.00. The molecular weight excluding hydrogens is 368 g/mol. The smallest absolute Gasteiger partial charge is 0.220 e. The summed E-state index contributed by atoms with van der Waals surface area (Å²) in [7, 11) is 1.60. The third-order valence-corrected chi connectivity index (χ3v) is 4.52. The van der Waals surface area contributed by atoms with Gasteiger partial charge in [-0.2, -0.15) is 0 Å². The van der Waals surface area contributed by atoms with Crippen LogP contribution >= 0.6 is 0 Å². The van der Waals surface area contributed by atoms with Crippen molar-refractivity contribution >= 4 is 28.6 Å². The van der Waals surface area contributed by atoms with Crippen molar-refractivity contribution in [2.75, 3.05) is 25.5 Å². The molecule has 158 valence electrons. The van der Waals surface area contributed by atoms with Crippen LogP contribution in [0.15, 0.2) is 18.2 Å². The molecule has 2 aromatic rings. The number of hydrogen-bond donors (Lipinski definition) is 4. The lowest BCUT2D eigenvalue weighted by atomic mass is 10.1. The van der Waals surface area contributed by atoms with Crippen molar-refractivity contribution in [2.24, 2.45) is 5.92 Å². The minimum Gasteiger partial charge on any atom is -0.497 e. The van der Waals surface area contributed by atoms with Crippen molar-refractivity contribution in [2.45, 2.75) is 46.5 Å². The topological polar surface area (TPSA) is 116 Å². The first kappa shape index (κ1) is 22.4. The van der Waals surface area contributed by atoms with Crippen LogP contribution in [0.4, 0.5) is 5.82 Å². The highest BCUT2D eigenvalue weighted by atomic mass is 16.5. The van der Waals surface area contributed by atoms with E-state index in [-0.39, 0.29) is 11.4 Å². The lowest BCUT2D eigenvalue weighted by molar-refractivity contribution is -0.121. The number of benzene rings is 1. The van der Waals surface area contributed by atoms with Crippen LogP contribution in [0.3, 0.4) is 0 Å². The Labute approximate surface area is 171 Å². The fourth-order valence-electron chi connectivity index (χ4n) is 3.00. The predicted octanol–water partition coefficient (Wildman–Crippen LogP) is 3.11. The molecule has 0 aliphatic carbocycles. The third-order valence-electron chi connectivity index (χ3n) is 4.52. The summed E-state index contributed by atoms with van der Waals surface area (Å²) in [6.07, 6.45) is 2.74. The van der Waals surface area contributed by atoms with Gasteiger partial charge >= 0.3 is 0 Å². The molecule has 1 heterocycles. The summed E-state index contributed by atoms with van der Waals surface area (Å²) in [5.41, 5.74) is 1.54. The molecule has 4 N–H and O–H groups in total. The van der Waals surface area contributed by atoms with E-state index in [9.17, 15) is 4.79 Å². The molecule has 1 amide bonds. The molecule has 0 radical (unpaired) electrons. The van der Waals surface area contributed by atoms with Crippen LogP contribution in [0, 0.1) is 16.7 Å². The maximum atomic E-state index is 11.7. The Morgan fingerprint density at radius 1 is 1.28 bits per heavy atom. The second-order valence-corrected chi connectivity index (χ2v) is 7.38. The summed E-state index contributed by atoms with van der Waals surface area (Å²) >= 11 is 0. The van der Waals surface area contributed by atoms with Gasteiger partial charge in [0.05, 0.1) is 18.1 Å². The van der Waals surface area contributed by atoms with Gasteiger partial charge in [0.1, 0.15) is 11.6 Å². The van der Waals surface area contributed by atoms with E-state index < -0.39 is 0 Å². The summed E-state index contributed by atoms with van der Waals surface area (Å²) < 4.78 is 6.89. The van der Waals surface area contributed by atoms with E-state index in [1.54, 1.807) is 11.7 Å². The number of hydrogen-bond acceptors (Lipinski definition) is 6. The first-order valence-corrected chi connectivity index (χ1v) is 10.1. The highest BCUT2D eigenvalue weighted by Gasteiger charge is 2.12. The van der Waals surface area contributed by atoms with Crippen LogP contribution in [0.1, 0.15) is 46.5 Å². The van der Waals surface area contributed by atoms with Crippen LogP contribution in [-0.4, -0.2) is 41.5 Å². The zero-order chi connectivity index (χ0) is 21.4. The third kappa shape index (κ3) is 6.04. The fraction of sp³-hybridized carbons (Fsp3) is 0.524. The zero-order valence-electron chi connectivity index (χ0n) is 17.8. The van der Waals surface area contributed by atoms with Gasteiger partial charge in [0, 0.05) is 32.0 Å². The number of unbranched alkanes of at least 4 members (excludes halogenated alkanes) is 1. The van der Waals surface area contributed by atoms with Gasteiger partial charge in [0.25, 0.3) is 0 Å². The molecule has 29 heavy (non-hydrogen) atoms. The number of ether oxygens (including phenoxy) is 1. The molecule has 1 aromatic heterocycles. The van der Waals surface area contributed by atoms with E-state index in [1.165, 1.54) is 0 Å². The Morgan fingerprint density at radius 3 is 2.66 bits per heavy atom. The van der Waals surface area contributed by atoms with Crippen molar-refractivity contribution in [1.82, 2.24) is 14.9 Å². The first-order valence-electron chi connectivity index (χ1n) is 10.1. The molecule has 0 saturated heterocycles. The van der Waals surface area contributed by atoms with Gasteiger partial charge in [-0.1, -0.05) is 20.8 Å². The molecule has 8 nitrogen and oxygen atoms in total. The molecule has 1 aromatic carbocycles. The van der Waals surface area contributed by atoms with E-state index in [4.69, 9.17) is 15.6 Å². The second-order valence-electron chi connectivity index (χ2n) is 7.38. The molecule has 0 fully saturated rings. The number of fused-ring (bicyclic) bond motifs is 1. The van der Waals surface area contributed by atoms with Crippen molar-refractivity contribution in [3.05, 3.63) is 23.7 Å². The van der Waals surface area contributed by atoms with E-state index in [1.807, 2.05) is 39.0 Å². The minimum absolute atomic E-state index is 0.0886. The molecule has 0 unspecified atom stereocenters. The summed E-state index contributed by atoms with van der Waals surface area (Å²) in [5, 5.41) is 22.9. The number of nitrogens with one attached hydrogen (secondary N) is 4. The number of aromatic nitrogens is 2. The molecule has 0 aliphatic rings. The summed E-state index contributed by atoms with van der Waals surface area (Å²) in [5.74, 6) is 1.90. The standard InChI is InChI=1S/C21H32N6O2/c1-5-18(22)27-17-9-8-15(29-4)13-16(17)26-21(20(27)23)25-11-7-6-10-24-19(28)12-14(2)3/h8-9,13-14,22-23H,5-7,10-12H2,1-4H3,(H,24,28)(H,25,26). The van der Waals surface area contributed by atoms with E-state index in [0.717, 1.165) is 12.8 Å². The number of methoxy groups -OCH3 is 1. The summed E-state index contributed by atoms with van der Waals surface area (Å²) in [6.45, 7) is 7.22. The van der Waals surface area contributed by atoms with E-state index in [0.29, 0.717) is 60.3 Å². The molecule has 8 heteroatoms. The lowest BCUT2D eigenvalue weighted by Crippen LogP contribution is -2.30. The van der Waals surface area contributed by atoms with E-state index in [2.05, 4.69) is 15.6 Å². The normalized spacial score (nSPS) is 10.9. The zero-order valence-corrected chi connectivity index (χ0v) is 17.8. The van der Waals surface area contributed by atoms with Gasteiger partial charge in [0.15, 0.2) is 11.3 Å². The molecule has 0 bridgehead atoms. The minimum atomic E-state index is 0.0886. The lowest BCUT2D eigenvalue weighted by Gasteiger charge is -2.15. The Morgan fingerprint density at radius 2 is 2.00 bits per heavy atom. The van der Waals surface area contributed by atoms with Gasteiger partial charge < -0.3 is 15.4 Å². The van der Waals surface area contributed by atoms with Gasteiger partial charge in [0.2, 0.25) is 5.91 Å². The monoisotopic (exact) mass is 400 g/mol. The van der Waals surface area contributed by atoms with Crippen LogP contribution in [0.25, 0.3) is 11.0 Å². The van der Waals surface area contributed by atoms with Crippen LogP contribution in [-0.2, 0) is 4.79 Å². The Kier molecular flexibility index (Phi) is 8.18. The van der Waals surface area contributed by atoms with Crippen LogP contribution in [0.2, 0.25) is 0 Å². The summed E-state index contributed by atoms with van der Waals surface area (Å²) in [6, 6.07) is 5.44. The maximum absolute atomic E-state index is 11.7. The number of anilines is 1. The van der Waals surface area contributed by atoms with Crippen molar-refractivity contribution in [3.63, 3.8) is 0 Å². The first-order chi connectivity index (χ1) is 13.9. The van der Waals surface area contributed by atoms with Crippen LogP contribution in [0.5, 0.6) is 5.75 Å². The number of rotatable bonds is 10. The molecule has 2 rings (SSSR count). The number of carbonyl (C=O) groups is 1. The summed E-state index contributed by atoms with van der Waals surface area (Å²) in [4.78, 5) is 16.2. The Balaban J connectivity index is 2.06. The average molecular weight is 401 g/mol. The van der Waals surface area contributed by atoms with Crippen molar-refractivity contribution < 1.29 is 9.53 Å².